The predicted molar refractivity (Wildman–Crippen MR) is 90.2 cm³/mol. The summed E-state index contributed by atoms with van der Waals surface area (Å²) in [6.45, 7) is 3.57. The molecule has 0 aliphatic heterocycles. The number of carbonyl (C=O) groups is 1. The van der Waals surface area contributed by atoms with Crippen molar-refractivity contribution in [3.05, 3.63) is 49.7 Å². The number of hydrogen-bond acceptors (Lipinski definition) is 4. The lowest BCUT2D eigenvalue weighted by molar-refractivity contribution is -0.116. The van der Waals surface area contributed by atoms with Gasteiger partial charge in [0.25, 0.3) is 5.56 Å². The van der Waals surface area contributed by atoms with Gasteiger partial charge in [-0.05, 0) is 54.1 Å². The second-order valence-electron chi connectivity index (χ2n) is 4.72. The fourth-order valence-corrected chi connectivity index (χ4v) is 2.25. The molecular formula is C14H15IN4O2. The number of amides is 1. The molecule has 110 valence electrons. The number of nitrogens with zero attached hydrogens (tertiary/aromatic N) is 2. The smallest absolute Gasteiger partial charge is 0.267 e. The van der Waals surface area contributed by atoms with E-state index < -0.39 is 0 Å². The van der Waals surface area contributed by atoms with Gasteiger partial charge in [-0.2, -0.15) is 0 Å². The van der Waals surface area contributed by atoms with Crippen LogP contribution in [0.2, 0.25) is 0 Å². The van der Waals surface area contributed by atoms with Crippen molar-refractivity contribution in [1.29, 1.82) is 0 Å². The van der Waals surface area contributed by atoms with Gasteiger partial charge >= 0.3 is 0 Å². The van der Waals surface area contributed by atoms with Gasteiger partial charge in [0.15, 0.2) is 0 Å². The highest BCUT2D eigenvalue weighted by atomic mass is 127. The van der Waals surface area contributed by atoms with Gasteiger partial charge in [-0.25, -0.2) is 4.98 Å². The first-order valence-corrected chi connectivity index (χ1v) is 7.34. The quantitative estimate of drug-likeness (QED) is 0.608. The maximum atomic E-state index is 12.0. The number of aryl methyl sites for hydroxylation is 2. The van der Waals surface area contributed by atoms with Crippen molar-refractivity contribution in [2.45, 2.75) is 20.4 Å². The van der Waals surface area contributed by atoms with Gasteiger partial charge in [-0.1, -0.05) is 6.07 Å². The molecule has 1 aromatic carbocycles. The molecule has 0 saturated heterocycles. The van der Waals surface area contributed by atoms with Crippen LogP contribution in [0.1, 0.15) is 11.3 Å². The largest absolute Gasteiger partial charge is 0.397 e. The number of anilines is 2. The average molecular weight is 398 g/mol. The lowest BCUT2D eigenvalue weighted by atomic mass is 10.2. The summed E-state index contributed by atoms with van der Waals surface area (Å²) in [5, 5.41) is 2.69. The number of hydrogen-bond donors (Lipinski definition) is 2. The number of nitrogens with one attached hydrogen (secondary N) is 1. The molecule has 0 aliphatic rings. The molecule has 7 heteroatoms. The molecule has 0 saturated carbocycles. The lowest BCUT2D eigenvalue weighted by Gasteiger charge is -2.10. The van der Waals surface area contributed by atoms with E-state index in [0.717, 1.165) is 5.56 Å². The van der Waals surface area contributed by atoms with E-state index in [1.807, 2.05) is 35.6 Å². The van der Waals surface area contributed by atoms with E-state index in [0.29, 0.717) is 20.6 Å². The van der Waals surface area contributed by atoms with Crippen LogP contribution in [0, 0.1) is 17.4 Å². The Morgan fingerprint density at radius 2 is 2.14 bits per heavy atom. The van der Waals surface area contributed by atoms with Crippen LogP contribution >= 0.6 is 22.6 Å². The van der Waals surface area contributed by atoms with E-state index in [-0.39, 0.29) is 18.0 Å². The summed E-state index contributed by atoms with van der Waals surface area (Å²) in [6, 6.07) is 5.37. The molecule has 1 aromatic heterocycles. The molecule has 1 heterocycles. The monoisotopic (exact) mass is 398 g/mol. The van der Waals surface area contributed by atoms with E-state index in [9.17, 15) is 9.59 Å². The van der Waals surface area contributed by atoms with Crippen LogP contribution in [0.15, 0.2) is 29.3 Å². The first-order chi connectivity index (χ1) is 9.88. The zero-order chi connectivity index (χ0) is 15.6. The molecule has 0 radical (unpaired) electrons. The van der Waals surface area contributed by atoms with Gasteiger partial charge in [-0.3, -0.25) is 14.2 Å². The summed E-state index contributed by atoms with van der Waals surface area (Å²) >= 11 is 1.93. The number of nitrogen functional groups attached to an aromatic ring is 1. The molecule has 0 aliphatic carbocycles. The third-order valence-corrected chi connectivity index (χ3v) is 4.19. The first-order valence-electron chi connectivity index (χ1n) is 6.26. The topological polar surface area (TPSA) is 90.0 Å². The van der Waals surface area contributed by atoms with Crippen LogP contribution in [0.25, 0.3) is 0 Å². The Bertz CT molecular complexity index is 755. The van der Waals surface area contributed by atoms with Crippen molar-refractivity contribution < 1.29 is 4.79 Å². The highest BCUT2D eigenvalue weighted by molar-refractivity contribution is 14.1. The van der Waals surface area contributed by atoms with E-state index >= 15 is 0 Å². The number of aromatic nitrogens is 2. The van der Waals surface area contributed by atoms with Crippen LogP contribution < -0.4 is 16.6 Å². The fraction of sp³-hybridized carbons (Fsp3) is 0.214. The summed E-state index contributed by atoms with van der Waals surface area (Å²) in [6.07, 6.45) is 1.37. The van der Waals surface area contributed by atoms with Crippen LogP contribution in [-0.2, 0) is 11.3 Å². The SMILES string of the molecule is Cc1ccc(NC(=O)Cn2cnc(C)c(I)c2=O)c(N)c1. The Morgan fingerprint density at radius 1 is 1.43 bits per heavy atom. The van der Waals surface area contributed by atoms with Crippen LogP contribution in [-0.4, -0.2) is 15.5 Å². The number of carbonyl (C=O) groups excluding carboxylic acids is 1. The van der Waals surface area contributed by atoms with Crippen molar-refractivity contribution >= 4 is 39.9 Å². The molecule has 2 aromatic rings. The molecule has 21 heavy (non-hydrogen) atoms. The summed E-state index contributed by atoms with van der Waals surface area (Å²) in [4.78, 5) is 28.1. The average Bonchev–Trinajstić information content (AvgIpc) is 2.43. The molecule has 1 amide bonds. The molecule has 0 spiro atoms. The van der Waals surface area contributed by atoms with Gasteiger partial charge in [-0.15, -0.1) is 0 Å². The fourth-order valence-electron chi connectivity index (χ4n) is 1.80. The van der Waals surface area contributed by atoms with Crippen molar-refractivity contribution in [3.8, 4) is 0 Å². The minimum absolute atomic E-state index is 0.102. The summed E-state index contributed by atoms with van der Waals surface area (Å²) in [5.74, 6) is -0.325. The zero-order valence-electron chi connectivity index (χ0n) is 11.7. The normalized spacial score (nSPS) is 10.4. The van der Waals surface area contributed by atoms with E-state index in [1.165, 1.54) is 10.9 Å². The maximum Gasteiger partial charge on any atom is 0.267 e. The Morgan fingerprint density at radius 3 is 2.81 bits per heavy atom. The summed E-state index contributed by atoms with van der Waals surface area (Å²) in [5.41, 5.74) is 8.31. The first kappa shape index (κ1) is 15.5. The third-order valence-electron chi connectivity index (χ3n) is 2.95. The van der Waals surface area contributed by atoms with E-state index in [4.69, 9.17) is 5.73 Å². The van der Waals surface area contributed by atoms with Crippen molar-refractivity contribution in [2.24, 2.45) is 0 Å². The highest BCUT2D eigenvalue weighted by Crippen LogP contribution is 2.19. The van der Waals surface area contributed by atoms with Crippen molar-refractivity contribution in [2.75, 3.05) is 11.1 Å². The number of benzene rings is 1. The summed E-state index contributed by atoms with van der Waals surface area (Å²) in [7, 11) is 0. The van der Waals surface area contributed by atoms with Gasteiger partial charge in [0, 0.05) is 0 Å². The molecule has 0 unspecified atom stereocenters. The third kappa shape index (κ3) is 3.60. The lowest BCUT2D eigenvalue weighted by Crippen LogP contribution is -2.30. The molecule has 0 atom stereocenters. The highest BCUT2D eigenvalue weighted by Gasteiger charge is 2.10. The standard InChI is InChI=1S/C14H15IN4O2/c1-8-3-4-11(10(16)5-8)18-12(20)6-19-7-17-9(2)13(15)14(19)21/h3-5,7H,6,16H2,1-2H3,(H,18,20). The van der Waals surface area contributed by atoms with Gasteiger partial charge in [0.05, 0.1) is 27.0 Å². The van der Waals surface area contributed by atoms with E-state index in [2.05, 4.69) is 10.3 Å². The molecular weight excluding hydrogens is 383 g/mol. The molecule has 0 fully saturated rings. The number of nitrogens with two attached hydrogens (primary N) is 1. The van der Waals surface area contributed by atoms with Crippen molar-refractivity contribution in [3.63, 3.8) is 0 Å². The number of halogens is 1. The zero-order valence-corrected chi connectivity index (χ0v) is 13.8. The minimum Gasteiger partial charge on any atom is -0.397 e. The van der Waals surface area contributed by atoms with Crippen LogP contribution in [0.4, 0.5) is 11.4 Å². The van der Waals surface area contributed by atoms with Gasteiger partial charge < -0.3 is 11.1 Å². The van der Waals surface area contributed by atoms with Gasteiger partial charge in [0.2, 0.25) is 5.91 Å². The summed E-state index contributed by atoms with van der Waals surface area (Å²) < 4.78 is 1.78. The predicted octanol–water partition coefficient (Wildman–Crippen LogP) is 1.69. The Balaban J connectivity index is 2.16. The van der Waals surface area contributed by atoms with Crippen LogP contribution in [0.5, 0.6) is 0 Å². The Hall–Kier alpha value is -1.90. The van der Waals surface area contributed by atoms with Crippen LogP contribution in [0.3, 0.4) is 0 Å². The van der Waals surface area contributed by atoms with E-state index in [1.54, 1.807) is 19.1 Å². The minimum atomic E-state index is -0.325. The van der Waals surface area contributed by atoms with Gasteiger partial charge in [0.1, 0.15) is 6.54 Å². The molecule has 0 bridgehead atoms. The molecule has 3 N–H and O–H groups in total. The Labute approximate surface area is 135 Å². The molecule has 6 nitrogen and oxygen atoms in total. The maximum absolute atomic E-state index is 12.0. The second-order valence-corrected chi connectivity index (χ2v) is 5.79. The van der Waals surface area contributed by atoms with Crippen molar-refractivity contribution in [1.82, 2.24) is 9.55 Å². The number of rotatable bonds is 3. The molecule has 2 rings (SSSR count). The Kier molecular flexibility index (Phi) is 4.61. The second kappa shape index (κ2) is 6.25.